The maximum atomic E-state index is 14.9. The molecule has 0 bridgehead atoms. The number of piperazine rings is 1. The number of ether oxygens (including phenoxy) is 1. The van der Waals surface area contributed by atoms with Crippen LogP contribution in [0.4, 0.5) is 21.7 Å². The molecular formula is C21H27ClFN5O2. The van der Waals surface area contributed by atoms with Crippen molar-refractivity contribution >= 4 is 28.9 Å². The Labute approximate surface area is 180 Å². The van der Waals surface area contributed by atoms with E-state index in [0.29, 0.717) is 50.2 Å². The van der Waals surface area contributed by atoms with E-state index in [2.05, 4.69) is 15.3 Å². The van der Waals surface area contributed by atoms with Crippen LogP contribution >= 0.6 is 11.6 Å². The zero-order valence-corrected chi connectivity index (χ0v) is 18.2. The van der Waals surface area contributed by atoms with Crippen molar-refractivity contribution in [1.29, 1.82) is 0 Å². The monoisotopic (exact) mass is 435 g/mol. The summed E-state index contributed by atoms with van der Waals surface area (Å²) in [4.78, 5) is 12.6. The zero-order chi connectivity index (χ0) is 21.5. The van der Waals surface area contributed by atoms with Gasteiger partial charge in [-0.3, -0.25) is 0 Å². The van der Waals surface area contributed by atoms with Crippen molar-refractivity contribution in [2.75, 3.05) is 42.6 Å². The average molecular weight is 436 g/mol. The highest BCUT2D eigenvalue weighted by Gasteiger charge is 2.38. The molecule has 162 valence electrons. The van der Waals surface area contributed by atoms with Crippen LogP contribution in [-0.4, -0.2) is 59.5 Å². The highest BCUT2D eigenvalue weighted by atomic mass is 35.5. The van der Waals surface area contributed by atoms with Gasteiger partial charge < -0.3 is 25.0 Å². The van der Waals surface area contributed by atoms with Gasteiger partial charge in [0.25, 0.3) is 0 Å². The van der Waals surface area contributed by atoms with Crippen molar-refractivity contribution in [2.45, 2.75) is 32.4 Å². The van der Waals surface area contributed by atoms with Gasteiger partial charge in [0, 0.05) is 31.9 Å². The lowest BCUT2D eigenvalue weighted by Crippen LogP contribution is -2.62. The minimum atomic E-state index is -0.900. The van der Waals surface area contributed by atoms with Crippen LogP contribution in [-0.2, 0) is 0 Å². The first-order valence-corrected chi connectivity index (χ1v) is 10.6. The Hall–Kier alpha value is -2.16. The number of rotatable bonds is 4. The van der Waals surface area contributed by atoms with Gasteiger partial charge in [-0.15, -0.1) is 0 Å². The lowest BCUT2D eigenvalue weighted by atomic mass is 9.84. The molecule has 1 fully saturated rings. The molecule has 2 aliphatic rings. The van der Waals surface area contributed by atoms with Gasteiger partial charge in [-0.2, -0.15) is 0 Å². The van der Waals surface area contributed by atoms with Crippen LogP contribution in [0.1, 0.15) is 20.8 Å². The molecule has 0 amide bonds. The molecule has 2 aromatic heterocycles. The number of nitrogens with one attached hydrogen (secondary N) is 1. The fraction of sp³-hybridized carbons (Fsp3) is 0.524. The van der Waals surface area contributed by atoms with Gasteiger partial charge in [-0.05, 0) is 25.0 Å². The van der Waals surface area contributed by atoms with Crippen molar-refractivity contribution in [2.24, 2.45) is 5.92 Å². The molecule has 1 saturated heterocycles. The summed E-state index contributed by atoms with van der Waals surface area (Å²) in [5, 5.41) is 14.6. The molecule has 0 spiro atoms. The van der Waals surface area contributed by atoms with E-state index in [1.807, 2.05) is 31.7 Å². The number of aromatic nitrogens is 2. The second kappa shape index (κ2) is 8.17. The number of hydrogen-bond donors (Lipinski definition) is 2. The van der Waals surface area contributed by atoms with E-state index in [9.17, 15) is 9.50 Å². The van der Waals surface area contributed by atoms with Gasteiger partial charge in [0.05, 0.1) is 23.2 Å². The van der Waals surface area contributed by atoms with Crippen LogP contribution in [0.5, 0.6) is 5.88 Å². The number of aliphatic hydroxyl groups is 1. The SMILES string of the molecule is CC(C)[C@@](C)(O)[C@@H]1CN(c2nc(N3CCOc4ncccc43)c(F)cc2Cl)CCN1. The summed E-state index contributed by atoms with van der Waals surface area (Å²) >= 11 is 6.42. The molecule has 0 aromatic carbocycles. The van der Waals surface area contributed by atoms with Crippen molar-refractivity contribution in [3.8, 4) is 5.88 Å². The Morgan fingerprint density at radius 2 is 2.17 bits per heavy atom. The van der Waals surface area contributed by atoms with Gasteiger partial charge in [0.2, 0.25) is 5.88 Å². The van der Waals surface area contributed by atoms with Crippen LogP contribution in [0.25, 0.3) is 0 Å². The molecule has 0 aliphatic carbocycles. The Balaban J connectivity index is 1.68. The van der Waals surface area contributed by atoms with Gasteiger partial charge in [0.1, 0.15) is 18.1 Å². The molecule has 4 rings (SSSR count). The Morgan fingerprint density at radius 1 is 1.37 bits per heavy atom. The Morgan fingerprint density at radius 3 is 2.93 bits per heavy atom. The van der Waals surface area contributed by atoms with E-state index in [4.69, 9.17) is 16.3 Å². The summed E-state index contributed by atoms with van der Waals surface area (Å²) in [6.07, 6.45) is 1.64. The minimum Gasteiger partial charge on any atom is -0.474 e. The van der Waals surface area contributed by atoms with Crippen LogP contribution in [0.2, 0.25) is 5.02 Å². The largest absolute Gasteiger partial charge is 0.474 e. The van der Waals surface area contributed by atoms with Crippen molar-refractivity contribution < 1.29 is 14.2 Å². The number of anilines is 3. The summed E-state index contributed by atoms with van der Waals surface area (Å²) in [7, 11) is 0. The number of pyridine rings is 2. The molecule has 0 saturated carbocycles. The average Bonchev–Trinajstić information content (AvgIpc) is 2.73. The second-order valence-corrected chi connectivity index (χ2v) is 8.67. The molecule has 7 nitrogen and oxygen atoms in total. The smallest absolute Gasteiger partial charge is 0.238 e. The fourth-order valence-corrected chi connectivity index (χ4v) is 4.13. The Bertz CT molecular complexity index is 926. The third-order valence-electron chi connectivity index (χ3n) is 6.09. The first-order valence-electron chi connectivity index (χ1n) is 10.2. The van der Waals surface area contributed by atoms with Gasteiger partial charge in [-0.25, -0.2) is 14.4 Å². The second-order valence-electron chi connectivity index (χ2n) is 8.26. The van der Waals surface area contributed by atoms with Crippen molar-refractivity contribution in [3.05, 3.63) is 35.2 Å². The number of hydrogen-bond acceptors (Lipinski definition) is 7. The topological polar surface area (TPSA) is 73.8 Å². The maximum Gasteiger partial charge on any atom is 0.238 e. The Kier molecular flexibility index (Phi) is 5.74. The van der Waals surface area contributed by atoms with Gasteiger partial charge in [-0.1, -0.05) is 25.4 Å². The third kappa shape index (κ3) is 3.79. The molecule has 9 heteroatoms. The van der Waals surface area contributed by atoms with Crippen LogP contribution in [0.3, 0.4) is 0 Å². The predicted molar refractivity (Wildman–Crippen MR) is 115 cm³/mol. The first kappa shape index (κ1) is 21.1. The highest BCUT2D eigenvalue weighted by Crippen LogP contribution is 2.38. The number of halogens is 2. The number of fused-ring (bicyclic) bond motifs is 1. The van der Waals surface area contributed by atoms with E-state index >= 15 is 0 Å². The van der Waals surface area contributed by atoms with Crippen LogP contribution < -0.4 is 19.9 Å². The normalized spacial score (nSPS) is 21.2. The molecule has 2 aliphatic heterocycles. The van der Waals surface area contributed by atoms with Gasteiger partial charge >= 0.3 is 0 Å². The van der Waals surface area contributed by atoms with E-state index in [-0.39, 0.29) is 22.8 Å². The molecule has 0 radical (unpaired) electrons. The summed E-state index contributed by atoms with van der Waals surface area (Å²) in [6, 6.07) is 4.76. The van der Waals surface area contributed by atoms with E-state index in [1.54, 1.807) is 17.2 Å². The van der Waals surface area contributed by atoms with E-state index in [1.165, 1.54) is 6.07 Å². The lowest BCUT2D eigenvalue weighted by molar-refractivity contribution is -0.0231. The first-order chi connectivity index (χ1) is 14.3. The molecule has 2 aromatic rings. The standard InChI is InChI=1S/C21H27ClFN5O2/c1-13(2)21(3,29)17-12-27(8-7-24-17)18-14(22)11-15(23)19(26-18)28-9-10-30-20-16(28)5-4-6-25-20/h4-6,11,13,17,24,29H,7-10,12H2,1-3H3/t17-,21+/m0/s1. The van der Waals surface area contributed by atoms with Crippen LogP contribution in [0, 0.1) is 11.7 Å². The molecule has 2 N–H and O–H groups in total. The van der Waals surface area contributed by atoms with E-state index in [0.717, 1.165) is 0 Å². The highest BCUT2D eigenvalue weighted by molar-refractivity contribution is 6.33. The zero-order valence-electron chi connectivity index (χ0n) is 17.4. The summed E-state index contributed by atoms with van der Waals surface area (Å²) in [6.45, 7) is 8.50. The van der Waals surface area contributed by atoms with Crippen molar-refractivity contribution in [1.82, 2.24) is 15.3 Å². The molecule has 4 heterocycles. The van der Waals surface area contributed by atoms with Crippen LogP contribution in [0.15, 0.2) is 24.4 Å². The quantitative estimate of drug-likeness (QED) is 0.764. The fourth-order valence-electron chi connectivity index (χ4n) is 3.87. The predicted octanol–water partition coefficient (Wildman–Crippen LogP) is 2.98. The molecular weight excluding hydrogens is 409 g/mol. The summed E-state index contributed by atoms with van der Waals surface area (Å²) in [5.41, 5.74) is -0.229. The molecule has 0 unspecified atom stereocenters. The maximum absolute atomic E-state index is 14.9. The summed E-state index contributed by atoms with van der Waals surface area (Å²) < 4.78 is 20.5. The third-order valence-corrected chi connectivity index (χ3v) is 6.37. The minimum absolute atomic E-state index is 0.0690. The van der Waals surface area contributed by atoms with Crippen molar-refractivity contribution in [3.63, 3.8) is 0 Å². The lowest BCUT2D eigenvalue weighted by Gasteiger charge is -2.43. The summed E-state index contributed by atoms with van der Waals surface area (Å²) in [5.74, 6) is 0.728. The molecule has 30 heavy (non-hydrogen) atoms. The van der Waals surface area contributed by atoms with Gasteiger partial charge in [0.15, 0.2) is 11.6 Å². The molecule has 2 atom stereocenters. The van der Waals surface area contributed by atoms with E-state index < -0.39 is 11.4 Å². The number of nitrogens with zero attached hydrogens (tertiary/aromatic N) is 4.